The van der Waals surface area contributed by atoms with Gasteiger partial charge in [0.2, 0.25) is 0 Å². The van der Waals surface area contributed by atoms with Crippen molar-refractivity contribution in [2.24, 2.45) is 0 Å². The van der Waals surface area contributed by atoms with Crippen LogP contribution >= 0.6 is 15.9 Å². The van der Waals surface area contributed by atoms with Gasteiger partial charge in [-0.1, -0.05) is 15.9 Å². The van der Waals surface area contributed by atoms with Gasteiger partial charge in [-0.15, -0.1) is 0 Å². The fourth-order valence-electron chi connectivity index (χ4n) is 1.49. The zero-order valence-corrected chi connectivity index (χ0v) is 10.9. The molecule has 4 heteroatoms. The fourth-order valence-corrected chi connectivity index (χ4v) is 1.76. The van der Waals surface area contributed by atoms with E-state index >= 15 is 0 Å². The van der Waals surface area contributed by atoms with Gasteiger partial charge in [0.05, 0.1) is 11.4 Å². The minimum atomic E-state index is -0.288. The number of anilines is 3. The lowest BCUT2D eigenvalue weighted by atomic mass is 10.1. The molecule has 17 heavy (non-hydrogen) atoms. The summed E-state index contributed by atoms with van der Waals surface area (Å²) in [6, 6.07) is 10.7. The fraction of sp³-hybridized carbons (Fsp3) is 0.0769. The molecule has 2 aromatic carbocycles. The van der Waals surface area contributed by atoms with Crippen LogP contribution in [0.5, 0.6) is 0 Å². The molecule has 0 saturated heterocycles. The minimum absolute atomic E-state index is 0.288. The summed E-state index contributed by atoms with van der Waals surface area (Å²) >= 11 is 3.36. The number of hydrogen-bond donors (Lipinski definition) is 2. The molecular weight excluding hydrogens is 283 g/mol. The zero-order chi connectivity index (χ0) is 12.4. The number of nitrogens with two attached hydrogens (primary N) is 1. The van der Waals surface area contributed by atoms with Gasteiger partial charge in [0.1, 0.15) is 5.82 Å². The van der Waals surface area contributed by atoms with Crippen LogP contribution in [-0.4, -0.2) is 0 Å². The third kappa shape index (κ3) is 2.77. The molecule has 3 N–H and O–H groups in total. The maximum atomic E-state index is 13.2. The van der Waals surface area contributed by atoms with Crippen molar-refractivity contribution < 1.29 is 4.39 Å². The van der Waals surface area contributed by atoms with Gasteiger partial charge in [0.15, 0.2) is 0 Å². The Morgan fingerprint density at radius 2 is 1.82 bits per heavy atom. The van der Waals surface area contributed by atoms with Crippen LogP contribution in [0, 0.1) is 12.7 Å². The summed E-state index contributed by atoms with van der Waals surface area (Å²) in [6.07, 6.45) is 0. The molecule has 0 bridgehead atoms. The molecule has 0 amide bonds. The molecule has 2 rings (SSSR count). The topological polar surface area (TPSA) is 38.0 Å². The van der Waals surface area contributed by atoms with Gasteiger partial charge in [0.25, 0.3) is 0 Å². The van der Waals surface area contributed by atoms with E-state index in [1.807, 2.05) is 24.3 Å². The number of hydrogen-bond acceptors (Lipinski definition) is 2. The number of rotatable bonds is 2. The highest BCUT2D eigenvalue weighted by Gasteiger charge is 2.04. The van der Waals surface area contributed by atoms with E-state index in [1.54, 1.807) is 13.0 Å². The van der Waals surface area contributed by atoms with Gasteiger partial charge in [-0.2, -0.15) is 0 Å². The largest absolute Gasteiger partial charge is 0.397 e. The van der Waals surface area contributed by atoms with E-state index in [0.717, 1.165) is 10.2 Å². The van der Waals surface area contributed by atoms with Gasteiger partial charge in [-0.25, -0.2) is 4.39 Å². The molecule has 0 radical (unpaired) electrons. The number of nitrogen functional groups attached to an aromatic ring is 1. The normalized spacial score (nSPS) is 10.3. The number of halogens is 2. The van der Waals surface area contributed by atoms with Crippen molar-refractivity contribution >= 4 is 33.0 Å². The van der Waals surface area contributed by atoms with Gasteiger partial charge in [0, 0.05) is 10.2 Å². The number of nitrogens with one attached hydrogen (secondary N) is 1. The van der Waals surface area contributed by atoms with Gasteiger partial charge < -0.3 is 11.1 Å². The third-order valence-corrected chi connectivity index (χ3v) is 2.98. The van der Waals surface area contributed by atoms with Crippen molar-refractivity contribution in [2.45, 2.75) is 6.92 Å². The molecule has 0 heterocycles. The second-order valence-electron chi connectivity index (χ2n) is 3.82. The third-order valence-electron chi connectivity index (χ3n) is 2.45. The number of aryl methyl sites for hydroxylation is 1. The summed E-state index contributed by atoms with van der Waals surface area (Å²) in [5.74, 6) is -0.288. The highest BCUT2D eigenvalue weighted by Crippen LogP contribution is 2.26. The van der Waals surface area contributed by atoms with E-state index in [-0.39, 0.29) is 5.82 Å². The average Bonchev–Trinajstić information content (AvgIpc) is 2.29. The molecule has 0 spiro atoms. The SMILES string of the molecule is Cc1cc(Nc2ccc(Br)cc2)c(N)cc1F. The Balaban J connectivity index is 2.30. The molecule has 0 unspecified atom stereocenters. The van der Waals surface area contributed by atoms with E-state index in [0.29, 0.717) is 16.9 Å². The second-order valence-corrected chi connectivity index (χ2v) is 4.74. The van der Waals surface area contributed by atoms with Gasteiger partial charge in [-0.3, -0.25) is 0 Å². The van der Waals surface area contributed by atoms with Crippen LogP contribution in [0.2, 0.25) is 0 Å². The first-order valence-electron chi connectivity index (χ1n) is 5.14. The molecule has 0 aromatic heterocycles. The van der Waals surface area contributed by atoms with Crippen LogP contribution in [0.25, 0.3) is 0 Å². The van der Waals surface area contributed by atoms with Crippen LogP contribution in [-0.2, 0) is 0 Å². The monoisotopic (exact) mass is 294 g/mol. The predicted molar refractivity (Wildman–Crippen MR) is 73.0 cm³/mol. The first-order chi connectivity index (χ1) is 8.06. The van der Waals surface area contributed by atoms with Crippen LogP contribution in [0.4, 0.5) is 21.5 Å². The van der Waals surface area contributed by atoms with Crippen LogP contribution in [0.15, 0.2) is 40.9 Å². The Morgan fingerprint density at radius 3 is 2.47 bits per heavy atom. The summed E-state index contributed by atoms with van der Waals surface area (Å²) < 4.78 is 14.2. The molecule has 2 aromatic rings. The Hall–Kier alpha value is -1.55. The molecular formula is C13H12BrFN2. The molecule has 0 atom stereocenters. The van der Waals surface area contributed by atoms with Crippen molar-refractivity contribution in [3.05, 3.63) is 52.3 Å². The van der Waals surface area contributed by atoms with Crippen molar-refractivity contribution in [3.8, 4) is 0 Å². The Kier molecular flexibility index (Phi) is 3.33. The van der Waals surface area contributed by atoms with Crippen LogP contribution < -0.4 is 11.1 Å². The Morgan fingerprint density at radius 1 is 1.18 bits per heavy atom. The molecule has 2 nitrogen and oxygen atoms in total. The molecule has 0 aliphatic carbocycles. The lowest BCUT2D eigenvalue weighted by Gasteiger charge is -2.11. The van der Waals surface area contributed by atoms with E-state index in [2.05, 4.69) is 21.2 Å². The highest BCUT2D eigenvalue weighted by molar-refractivity contribution is 9.10. The predicted octanol–water partition coefficient (Wildman–Crippen LogP) is 4.22. The molecule has 0 aliphatic heterocycles. The molecule has 0 fully saturated rings. The molecule has 0 aliphatic rings. The van der Waals surface area contributed by atoms with E-state index < -0.39 is 0 Å². The lowest BCUT2D eigenvalue weighted by Crippen LogP contribution is -1.98. The average molecular weight is 295 g/mol. The molecule has 88 valence electrons. The van der Waals surface area contributed by atoms with Gasteiger partial charge >= 0.3 is 0 Å². The minimum Gasteiger partial charge on any atom is -0.397 e. The van der Waals surface area contributed by atoms with Crippen LogP contribution in [0.3, 0.4) is 0 Å². The van der Waals surface area contributed by atoms with Crippen LogP contribution in [0.1, 0.15) is 5.56 Å². The maximum Gasteiger partial charge on any atom is 0.128 e. The summed E-state index contributed by atoms with van der Waals surface area (Å²) in [5.41, 5.74) is 8.35. The summed E-state index contributed by atoms with van der Waals surface area (Å²) in [7, 11) is 0. The summed E-state index contributed by atoms with van der Waals surface area (Å²) in [4.78, 5) is 0. The Labute approximate surface area is 108 Å². The molecule has 0 saturated carbocycles. The van der Waals surface area contributed by atoms with Crippen molar-refractivity contribution in [1.82, 2.24) is 0 Å². The van der Waals surface area contributed by atoms with E-state index in [4.69, 9.17) is 5.73 Å². The first-order valence-corrected chi connectivity index (χ1v) is 5.94. The first kappa shape index (κ1) is 11.9. The highest BCUT2D eigenvalue weighted by atomic mass is 79.9. The second kappa shape index (κ2) is 4.75. The van der Waals surface area contributed by atoms with Crippen molar-refractivity contribution in [3.63, 3.8) is 0 Å². The van der Waals surface area contributed by atoms with Gasteiger partial charge in [-0.05, 0) is 48.9 Å². The zero-order valence-electron chi connectivity index (χ0n) is 9.30. The quantitative estimate of drug-likeness (QED) is 0.814. The summed E-state index contributed by atoms with van der Waals surface area (Å²) in [6.45, 7) is 1.71. The van der Waals surface area contributed by atoms with E-state index in [1.165, 1.54) is 6.07 Å². The number of benzene rings is 2. The maximum absolute atomic E-state index is 13.2. The van der Waals surface area contributed by atoms with Crippen molar-refractivity contribution in [2.75, 3.05) is 11.1 Å². The summed E-state index contributed by atoms with van der Waals surface area (Å²) in [5, 5.41) is 3.15. The standard InChI is InChI=1S/C13H12BrFN2/c1-8-6-13(12(16)7-11(8)15)17-10-4-2-9(14)3-5-10/h2-7,17H,16H2,1H3. The van der Waals surface area contributed by atoms with Crippen molar-refractivity contribution in [1.29, 1.82) is 0 Å². The Bertz CT molecular complexity index is 538. The van der Waals surface area contributed by atoms with E-state index in [9.17, 15) is 4.39 Å². The smallest absolute Gasteiger partial charge is 0.128 e. The lowest BCUT2D eigenvalue weighted by molar-refractivity contribution is 0.619.